The fourth-order valence-electron chi connectivity index (χ4n) is 2.41. The number of halogens is 2. The standard InChI is InChI=1S/C16H19F2N3O3/c1-16(2,15(24)21-8-6-20(10-22)7-9-21)14(23)19-13-11(17)4-3-5-12(13)18/h3-5,10H,6-9H2,1-2H3,(H,19,23). The number of para-hydroxylation sites is 1. The minimum absolute atomic E-state index is 0.308. The smallest absolute Gasteiger partial charge is 0.239 e. The first-order valence-electron chi connectivity index (χ1n) is 7.51. The molecule has 1 N–H and O–H groups in total. The van der Waals surface area contributed by atoms with Gasteiger partial charge in [0.1, 0.15) is 22.7 Å². The number of carbonyl (C=O) groups excluding carboxylic acids is 3. The summed E-state index contributed by atoms with van der Waals surface area (Å²) in [6, 6.07) is 3.22. The summed E-state index contributed by atoms with van der Waals surface area (Å²) < 4.78 is 27.3. The van der Waals surface area contributed by atoms with Crippen LogP contribution in [0, 0.1) is 17.0 Å². The molecule has 2 rings (SSSR count). The molecule has 6 nitrogen and oxygen atoms in total. The maximum absolute atomic E-state index is 13.6. The fourth-order valence-corrected chi connectivity index (χ4v) is 2.41. The van der Waals surface area contributed by atoms with E-state index in [2.05, 4.69) is 5.32 Å². The third kappa shape index (κ3) is 3.52. The van der Waals surface area contributed by atoms with Crippen molar-refractivity contribution in [2.45, 2.75) is 13.8 Å². The third-order valence-corrected chi connectivity index (χ3v) is 4.05. The predicted octanol–water partition coefficient (Wildman–Crippen LogP) is 1.23. The summed E-state index contributed by atoms with van der Waals surface area (Å²) in [7, 11) is 0. The fraction of sp³-hybridized carbons (Fsp3) is 0.438. The molecule has 0 aromatic heterocycles. The first-order valence-corrected chi connectivity index (χ1v) is 7.51. The van der Waals surface area contributed by atoms with Gasteiger partial charge in [-0.15, -0.1) is 0 Å². The molecule has 130 valence electrons. The number of anilines is 1. The molecule has 1 aromatic rings. The molecule has 0 atom stereocenters. The van der Waals surface area contributed by atoms with Gasteiger partial charge >= 0.3 is 0 Å². The molecule has 1 fully saturated rings. The van der Waals surface area contributed by atoms with Crippen molar-refractivity contribution < 1.29 is 23.2 Å². The summed E-state index contributed by atoms with van der Waals surface area (Å²) in [6.07, 6.45) is 0.709. The van der Waals surface area contributed by atoms with Crippen molar-refractivity contribution in [3.8, 4) is 0 Å². The number of carbonyl (C=O) groups is 3. The largest absolute Gasteiger partial charge is 0.342 e. The maximum atomic E-state index is 13.6. The lowest BCUT2D eigenvalue weighted by Gasteiger charge is -2.36. The summed E-state index contributed by atoms with van der Waals surface area (Å²) in [5.74, 6) is -3.07. The zero-order valence-electron chi connectivity index (χ0n) is 13.5. The predicted molar refractivity (Wildman–Crippen MR) is 83.0 cm³/mol. The van der Waals surface area contributed by atoms with Crippen LogP contribution in [0.3, 0.4) is 0 Å². The van der Waals surface area contributed by atoms with Crippen LogP contribution < -0.4 is 5.32 Å². The van der Waals surface area contributed by atoms with E-state index >= 15 is 0 Å². The molecule has 8 heteroatoms. The topological polar surface area (TPSA) is 69.7 Å². The van der Waals surface area contributed by atoms with Gasteiger partial charge in [-0.25, -0.2) is 8.78 Å². The van der Waals surface area contributed by atoms with Crippen molar-refractivity contribution in [3.63, 3.8) is 0 Å². The molecule has 24 heavy (non-hydrogen) atoms. The maximum Gasteiger partial charge on any atom is 0.239 e. The normalized spacial score (nSPS) is 15.2. The van der Waals surface area contributed by atoms with Crippen LogP contribution in [0.2, 0.25) is 0 Å². The summed E-state index contributed by atoms with van der Waals surface area (Å²) >= 11 is 0. The number of rotatable bonds is 4. The summed E-state index contributed by atoms with van der Waals surface area (Å²) in [5.41, 5.74) is -2.08. The highest BCUT2D eigenvalue weighted by Gasteiger charge is 2.40. The van der Waals surface area contributed by atoms with Gasteiger partial charge in [0.15, 0.2) is 0 Å². The van der Waals surface area contributed by atoms with Crippen molar-refractivity contribution >= 4 is 23.9 Å². The molecule has 1 aromatic carbocycles. The van der Waals surface area contributed by atoms with E-state index in [1.165, 1.54) is 29.7 Å². The molecule has 1 saturated heterocycles. The Labute approximate surface area is 138 Å². The van der Waals surface area contributed by atoms with Gasteiger partial charge in [-0.1, -0.05) is 6.07 Å². The number of nitrogens with zero attached hydrogens (tertiary/aromatic N) is 2. The molecular formula is C16H19F2N3O3. The van der Waals surface area contributed by atoms with Gasteiger partial charge in [0.25, 0.3) is 0 Å². The van der Waals surface area contributed by atoms with Crippen LogP contribution in [-0.2, 0) is 14.4 Å². The van der Waals surface area contributed by atoms with E-state index < -0.39 is 34.6 Å². The zero-order chi connectivity index (χ0) is 17.9. The Balaban J connectivity index is 2.10. The lowest BCUT2D eigenvalue weighted by atomic mass is 9.89. The molecule has 3 amide bonds. The number of hydrogen-bond donors (Lipinski definition) is 1. The Morgan fingerprint density at radius 2 is 1.67 bits per heavy atom. The van der Waals surface area contributed by atoms with Crippen LogP contribution in [0.5, 0.6) is 0 Å². The van der Waals surface area contributed by atoms with Gasteiger partial charge in [-0.05, 0) is 26.0 Å². The van der Waals surface area contributed by atoms with Crippen LogP contribution in [0.15, 0.2) is 18.2 Å². The second-order valence-corrected chi connectivity index (χ2v) is 6.11. The van der Waals surface area contributed by atoms with E-state index in [1.54, 1.807) is 0 Å². The van der Waals surface area contributed by atoms with E-state index in [1.807, 2.05) is 0 Å². The lowest BCUT2D eigenvalue weighted by molar-refractivity contribution is -0.148. The molecule has 1 aliphatic rings. The zero-order valence-corrected chi connectivity index (χ0v) is 13.5. The van der Waals surface area contributed by atoms with Crippen molar-refractivity contribution in [2.24, 2.45) is 5.41 Å². The van der Waals surface area contributed by atoms with Gasteiger partial charge in [0.2, 0.25) is 18.2 Å². The highest BCUT2D eigenvalue weighted by atomic mass is 19.1. The van der Waals surface area contributed by atoms with Crippen LogP contribution >= 0.6 is 0 Å². The van der Waals surface area contributed by atoms with Gasteiger partial charge in [-0.2, -0.15) is 0 Å². The SMILES string of the molecule is CC(C)(C(=O)Nc1c(F)cccc1F)C(=O)N1CCN(C=O)CC1. The molecule has 0 spiro atoms. The quantitative estimate of drug-likeness (QED) is 0.663. The molecule has 1 aliphatic heterocycles. The Kier molecular flexibility index (Phi) is 5.16. The molecule has 1 heterocycles. The van der Waals surface area contributed by atoms with Crippen molar-refractivity contribution in [3.05, 3.63) is 29.8 Å². The van der Waals surface area contributed by atoms with E-state index in [0.29, 0.717) is 32.6 Å². The number of hydrogen-bond acceptors (Lipinski definition) is 3. The Morgan fingerprint density at radius 3 is 2.17 bits per heavy atom. The van der Waals surface area contributed by atoms with Gasteiger partial charge < -0.3 is 15.1 Å². The van der Waals surface area contributed by atoms with E-state index in [4.69, 9.17) is 0 Å². The van der Waals surface area contributed by atoms with Crippen molar-refractivity contribution in [1.29, 1.82) is 0 Å². The second kappa shape index (κ2) is 6.94. The Morgan fingerprint density at radius 1 is 1.12 bits per heavy atom. The first kappa shape index (κ1) is 17.8. The third-order valence-electron chi connectivity index (χ3n) is 4.05. The van der Waals surface area contributed by atoms with Gasteiger partial charge in [-0.3, -0.25) is 14.4 Å². The average molecular weight is 339 g/mol. The highest BCUT2D eigenvalue weighted by Crippen LogP contribution is 2.25. The van der Waals surface area contributed by atoms with Gasteiger partial charge in [0.05, 0.1) is 0 Å². The first-order chi connectivity index (χ1) is 11.3. The minimum Gasteiger partial charge on any atom is -0.342 e. The average Bonchev–Trinajstić information content (AvgIpc) is 2.57. The minimum atomic E-state index is -1.50. The molecule has 0 unspecified atom stereocenters. The number of piperazine rings is 1. The van der Waals surface area contributed by atoms with E-state index in [0.717, 1.165) is 12.1 Å². The van der Waals surface area contributed by atoms with E-state index in [-0.39, 0.29) is 0 Å². The summed E-state index contributed by atoms with van der Waals surface area (Å²) in [5, 5.41) is 2.16. The van der Waals surface area contributed by atoms with Crippen LogP contribution in [0.1, 0.15) is 13.8 Å². The lowest BCUT2D eigenvalue weighted by Crippen LogP contribution is -2.54. The van der Waals surface area contributed by atoms with Crippen molar-refractivity contribution in [1.82, 2.24) is 9.80 Å². The molecule has 0 radical (unpaired) electrons. The van der Waals surface area contributed by atoms with Crippen LogP contribution in [0.4, 0.5) is 14.5 Å². The van der Waals surface area contributed by atoms with Crippen LogP contribution in [0.25, 0.3) is 0 Å². The van der Waals surface area contributed by atoms with Gasteiger partial charge in [0, 0.05) is 26.2 Å². The number of nitrogens with one attached hydrogen (secondary N) is 1. The monoisotopic (exact) mass is 339 g/mol. The number of benzene rings is 1. The number of amides is 3. The Hall–Kier alpha value is -2.51. The second-order valence-electron chi connectivity index (χ2n) is 6.11. The molecule has 0 bridgehead atoms. The molecule has 0 aliphatic carbocycles. The highest BCUT2D eigenvalue weighted by molar-refractivity contribution is 6.10. The molecule has 0 saturated carbocycles. The Bertz CT molecular complexity index is 636. The molecular weight excluding hydrogens is 320 g/mol. The van der Waals surface area contributed by atoms with E-state index in [9.17, 15) is 23.2 Å². The summed E-state index contributed by atoms with van der Waals surface area (Å²) in [6.45, 7) is 4.18. The van der Waals surface area contributed by atoms with Crippen LogP contribution in [-0.4, -0.2) is 54.2 Å². The van der Waals surface area contributed by atoms with Crippen molar-refractivity contribution in [2.75, 3.05) is 31.5 Å². The summed E-state index contributed by atoms with van der Waals surface area (Å²) in [4.78, 5) is 38.7.